The first kappa shape index (κ1) is 17.1. The van der Waals surface area contributed by atoms with Crippen LogP contribution in [0, 0.1) is 0 Å². The Morgan fingerprint density at radius 3 is 1.91 bits per heavy atom. The molecule has 5 nitrogen and oxygen atoms in total. The molecule has 0 saturated heterocycles. The smallest absolute Gasteiger partial charge is 0.232 e. The number of nitrogens with two attached hydrogens (primary N) is 1. The predicted molar refractivity (Wildman–Crippen MR) is 88.3 cm³/mol. The molecule has 0 fully saturated rings. The topological polar surface area (TPSA) is 78.6 Å². The molecule has 1 aliphatic rings. The molecule has 23 heavy (non-hydrogen) atoms. The number of hydrogen-bond acceptors (Lipinski definition) is 5. The molecule has 0 spiro atoms. The Morgan fingerprint density at radius 1 is 0.870 bits per heavy atom. The van der Waals surface area contributed by atoms with Gasteiger partial charge in [-0.15, -0.1) is 0 Å². The summed E-state index contributed by atoms with van der Waals surface area (Å²) in [5.74, 6) is -0.619. The molecule has 0 aliphatic heterocycles. The van der Waals surface area contributed by atoms with Gasteiger partial charge in [0.15, 0.2) is 0 Å². The van der Waals surface area contributed by atoms with Gasteiger partial charge < -0.3 is 15.2 Å². The first-order valence-corrected chi connectivity index (χ1v) is 8.08. The van der Waals surface area contributed by atoms with Gasteiger partial charge in [0, 0.05) is 16.8 Å². The summed E-state index contributed by atoms with van der Waals surface area (Å²) >= 11 is 0. The van der Waals surface area contributed by atoms with Gasteiger partial charge in [0.05, 0.1) is 13.2 Å². The first-order valence-electron chi connectivity index (χ1n) is 8.08. The zero-order chi connectivity index (χ0) is 16.8. The number of benzene rings is 1. The highest BCUT2D eigenvalue weighted by atomic mass is 16.5. The zero-order valence-electron chi connectivity index (χ0n) is 13.7. The molecule has 0 saturated carbocycles. The van der Waals surface area contributed by atoms with E-state index in [-0.39, 0.29) is 28.6 Å². The summed E-state index contributed by atoms with van der Waals surface area (Å²) < 4.78 is 11.2. The summed E-state index contributed by atoms with van der Waals surface area (Å²) in [7, 11) is 0. The van der Waals surface area contributed by atoms with Crippen molar-refractivity contribution < 1.29 is 19.1 Å². The molecule has 1 aliphatic carbocycles. The maximum Gasteiger partial charge on any atom is 0.232 e. The molecule has 5 heteroatoms. The van der Waals surface area contributed by atoms with Crippen molar-refractivity contribution in [3.8, 4) is 0 Å². The highest BCUT2D eigenvalue weighted by Crippen LogP contribution is 2.29. The molecular weight excluding hydrogens is 294 g/mol. The van der Waals surface area contributed by atoms with Crippen LogP contribution in [0.15, 0.2) is 29.7 Å². The summed E-state index contributed by atoms with van der Waals surface area (Å²) in [6.45, 7) is 4.82. The lowest BCUT2D eigenvalue weighted by Crippen LogP contribution is -2.25. The monoisotopic (exact) mass is 317 g/mol. The molecule has 1 aromatic rings. The summed E-state index contributed by atoms with van der Waals surface area (Å²) in [6, 6.07) is 4.69. The Bertz CT molecular complexity index is 634. The average molecular weight is 317 g/mol. The SMILES string of the molecule is CCCCOC1=C(OCCCC)C(=O)c2cc(N)ccc2C1=O. The lowest BCUT2D eigenvalue weighted by Gasteiger charge is -2.21. The molecule has 0 unspecified atom stereocenters. The Balaban J connectivity index is 2.36. The standard InChI is InChI=1S/C18H23NO4/c1-3-5-9-22-17-15(20)13-8-7-12(19)11-14(13)16(21)18(17)23-10-6-4-2/h7-8,11H,3-6,9-10,19H2,1-2H3. The van der Waals surface area contributed by atoms with Crippen molar-refractivity contribution in [2.24, 2.45) is 0 Å². The van der Waals surface area contributed by atoms with Crippen LogP contribution in [0.25, 0.3) is 0 Å². The summed E-state index contributed by atoms with van der Waals surface area (Å²) in [4.78, 5) is 25.3. The minimum atomic E-state index is -0.338. The van der Waals surface area contributed by atoms with Gasteiger partial charge in [0.25, 0.3) is 0 Å². The molecule has 0 aromatic heterocycles. The van der Waals surface area contributed by atoms with Gasteiger partial charge in [-0.2, -0.15) is 0 Å². The van der Waals surface area contributed by atoms with Gasteiger partial charge in [-0.05, 0) is 31.0 Å². The summed E-state index contributed by atoms with van der Waals surface area (Å²) in [6.07, 6.45) is 3.48. The largest absolute Gasteiger partial charge is 0.486 e. The van der Waals surface area contributed by atoms with Crippen LogP contribution < -0.4 is 5.73 Å². The quantitative estimate of drug-likeness (QED) is 0.586. The Morgan fingerprint density at radius 2 is 1.39 bits per heavy atom. The van der Waals surface area contributed by atoms with E-state index in [0.717, 1.165) is 25.7 Å². The molecule has 0 atom stereocenters. The van der Waals surface area contributed by atoms with E-state index in [4.69, 9.17) is 15.2 Å². The second kappa shape index (κ2) is 7.81. The number of allylic oxidation sites excluding steroid dienone is 2. The Labute approximate surface area is 136 Å². The molecular formula is C18H23NO4. The van der Waals surface area contributed by atoms with Gasteiger partial charge in [-0.3, -0.25) is 9.59 Å². The number of ketones is 2. The average Bonchev–Trinajstić information content (AvgIpc) is 2.54. The van der Waals surface area contributed by atoms with E-state index in [1.807, 2.05) is 13.8 Å². The molecule has 0 heterocycles. The van der Waals surface area contributed by atoms with Gasteiger partial charge in [-0.25, -0.2) is 0 Å². The number of carbonyl (C=O) groups excluding carboxylic acids is 2. The number of carbonyl (C=O) groups is 2. The minimum absolute atomic E-state index is 0.0117. The van der Waals surface area contributed by atoms with Gasteiger partial charge >= 0.3 is 0 Å². The number of fused-ring (bicyclic) bond motifs is 1. The number of anilines is 1. The summed E-state index contributed by atoms with van der Waals surface area (Å²) in [5.41, 5.74) is 6.78. The Kier molecular flexibility index (Phi) is 5.79. The van der Waals surface area contributed by atoms with E-state index in [9.17, 15) is 9.59 Å². The fourth-order valence-corrected chi connectivity index (χ4v) is 2.30. The van der Waals surface area contributed by atoms with Crippen molar-refractivity contribution in [1.82, 2.24) is 0 Å². The van der Waals surface area contributed by atoms with Gasteiger partial charge in [0.2, 0.25) is 23.1 Å². The summed E-state index contributed by atoms with van der Waals surface area (Å²) in [5, 5.41) is 0. The molecule has 2 rings (SSSR count). The van der Waals surface area contributed by atoms with E-state index < -0.39 is 0 Å². The van der Waals surface area contributed by atoms with Crippen molar-refractivity contribution in [2.75, 3.05) is 18.9 Å². The molecule has 0 bridgehead atoms. The highest BCUT2D eigenvalue weighted by molar-refractivity contribution is 6.25. The van der Waals surface area contributed by atoms with Crippen molar-refractivity contribution in [1.29, 1.82) is 0 Å². The number of ether oxygens (including phenoxy) is 2. The van der Waals surface area contributed by atoms with E-state index in [2.05, 4.69) is 0 Å². The van der Waals surface area contributed by atoms with Crippen LogP contribution in [-0.2, 0) is 9.47 Å². The number of hydrogen-bond donors (Lipinski definition) is 1. The van der Waals surface area contributed by atoms with Crippen molar-refractivity contribution in [2.45, 2.75) is 39.5 Å². The second-order valence-electron chi connectivity index (χ2n) is 5.53. The third-order valence-corrected chi connectivity index (χ3v) is 3.64. The van der Waals surface area contributed by atoms with Crippen LogP contribution in [-0.4, -0.2) is 24.8 Å². The van der Waals surface area contributed by atoms with Crippen LogP contribution in [0.3, 0.4) is 0 Å². The number of Topliss-reactive ketones (excluding diaryl/α,β-unsaturated/α-hetero) is 2. The second-order valence-corrected chi connectivity index (χ2v) is 5.53. The minimum Gasteiger partial charge on any atom is -0.486 e. The lowest BCUT2D eigenvalue weighted by atomic mass is 9.91. The third kappa shape index (κ3) is 3.73. The van der Waals surface area contributed by atoms with Crippen LogP contribution >= 0.6 is 0 Å². The lowest BCUT2D eigenvalue weighted by molar-refractivity contribution is 0.0746. The third-order valence-electron chi connectivity index (χ3n) is 3.64. The van der Waals surface area contributed by atoms with Crippen molar-refractivity contribution in [3.05, 3.63) is 40.8 Å². The van der Waals surface area contributed by atoms with E-state index >= 15 is 0 Å². The maximum atomic E-state index is 12.7. The van der Waals surface area contributed by atoms with Crippen LogP contribution in [0.4, 0.5) is 5.69 Å². The van der Waals surface area contributed by atoms with E-state index in [0.29, 0.717) is 24.5 Å². The molecule has 0 amide bonds. The zero-order valence-corrected chi connectivity index (χ0v) is 13.7. The fraction of sp³-hybridized carbons (Fsp3) is 0.444. The van der Waals surface area contributed by atoms with Crippen molar-refractivity contribution >= 4 is 17.3 Å². The number of nitrogen functional groups attached to an aromatic ring is 1. The number of unbranched alkanes of at least 4 members (excludes halogenated alkanes) is 2. The fourth-order valence-electron chi connectivity index (χ4n) is 2.30. The highest BCUT2D eigenvalue weighted by Gasteiger charge is 2.35. The maximum absolute atomic E-state index is 12.7. The van der Waals surface area contributed by atoms with Gasteiger partial charge in [0.1, 0.15) is 0 Å². The molecule has 1 aromatic carbocycles. The van der Waals surface area contributed by atoms with Crippen LogP contribution in [0.1, 0.15) is 60.2 Å². The van der Waals surface area contributed by atoms with Crippen molar-refractivity contribution in [3.63, 3.8) is 0 Å². The van der Waals surface area contributed by atoms with E-state index in [1.54, 1.807) is 12.1 Å². The van der Waals surface area contributed by atoms with Gasteiger partial charge in [-0.1, -0.05) is 26.7 Å². The number of rotatable bonds is 8. The molecule has 0 radical (unpaired) electrons. The first-order chi connectivity index (χ1) is 11.1. The Hall–Kier alpha value is -2.30. The van der Waals surface area contributed by atoms with Crippen LogP contribution in [0.5, 0.6) is 0 Å². The normalized spacial score (nSPS) is 14.0. The molecule has 2 N–H and O–H groups in total. The van der Waals surface area contributed by atoms with E-state index in [1.165, 1.54) is 6.07 Å². The molecule has 124 valence electrons. The van der Waals surface area contributed by atoms with Crippen LogP contribution in [0.2, 0.25) is 0 Å². The predicted octanol–water partition coefficient (Wildman–Crippen LogP) is 3.49.